The molecule has 0 spiro atoms. The van der Waals surface area contributed by atoms with Crippen LogP contribution in [-0.4, -0.2) is 31.6 Å². The molecule has 0 atom stereocenters. The fourth-order valence-corrected chi connectivity index (χ4v) is 3.09. The average Bonchev–Trinajstić information content (AvgIpc) is 2.93. The molecule has 0 bridgehead atoms. The lowest BCUT2D eigenvalue weighted by atomic mass is 9.91. The van der Waals surface area contributed by atoms with Gasteiger partial charge in [-0.15, -0.1) is 11.3 Å². The van der Waals surface area contributed by atoms with Gasteiger partial charge in [-0.25, -0.2) is 0 Å². The fraction of sp³-hybridized carbons (Fsp3) is 0.368. The summed E-state index contributed by atoms with van der Waals surface area (Å²) in [5, 5.41) is 0. The smallest absolute Gasteiger partial charge is 0.387 e. The van der Waals surface area contributed by atoms with E-state index >= 15 is 0 Å². The molecular formula is C19H21F2NO5S. The first-order valence-electron chi connectivity index (χ1n) is 8.23. The van der Waals surface area contributed by atoms with Crippen LogP contribution in [-0.2, 0) is 4.79 Å². The third kappa shape index (κ3) is 5.19. The largest absolute Gasteiger partial charge is 0.493 e. The molecule has 2 rings (SSSR count). The number of aromatic nitrogens is 1. The van der Waals surface area contributed by atoms with Gasteiger partial charge in [-0.05, 0) is 23.8 Å². The van der Waals surface area contributed by atoms with Crippen LogP contribution < -0.4 is 29.0 Å². The molecule has 0 amide bonds. The maximum atomic E-state index is 12.6. The maximum absolute atomic E-state index is 12.6. The molecule has 1 N–H and O–H groups in total. The number of nitrogens with one attached hydrogen (secondary N) is 1. The van der Waals surface area contributed by atoms with E-state index < -0.39 is 12.0 Å². The molecular weight excluding hydrogens is 392 g/mol. The molecule has 0 aliphatic rings. The highest BCUT2D eigenvalue weighted by molar-refractivity contribution is 7.07. The average molecular weight is 413 g/mol. The summed E-state index contributed by atoms with van der Waals surface area (Å²) in [5.41, 5.74) is -0.452. The number of hydrogen-bond donors (Lipinski definition) is 1. The Morgan fingerprint density at radius 2 is 1.75 bits per heavy atom. The fourth-order valence-electron chi connectivity index (χ4n) is 2.20. The summed E-state index contributed by atoms with van der Waals surface area (Å²) in [7, 11) is 2.61. The van der Waals surface area contributed by atoms with Crippen molar-refractivity contribution >= 4 is 29.3 Å². The molecule has 0 radical (unpaired) electrons. The Labute approximate surface area is 164 Å². The minimum absolute atomic E-state index is 0.0357. The van der Waals surface area contributed by atoms with Gasteiger partial charge in [-0.1, -0.05) is 20.8 Å². The van der Waals surface area contributed by atoms with Gasteiger partial charge in [0.05, 0.1) is 23.4 Å². The number of carbonyl (C=O) groups is 1. The van der Waals surface area contributed by atoms with Crippen LogP contribution in [0.4, 0.5) is 8.78 Å². The van der Waals surface area contributed by atoms with Crippen molar-refractivity contribution in [2.24, 2.45) is 5.41 Å². The van der Waals surface area contributed by atoms with Gasteiger partial charge in [0.25, 0.3) is 5.56 Å². The van der Waals surface area contributed by atoms with Crippen molar-refractivity contribution in [2.45, 2.75) is 27.4 Å². The third-order valence-corrected chi connectivity index (χ3v) is 4.63. The summed E-state index contributed by atoms with van der Waals surface area (Å²) in [4.78, 5) is 27.0. The maximum Gasteiger partial charge on any atom is 0.387 e. The van der Waals surface area contributed by atoms with Gasteiger partial charge < -0.3 is 19.2 Å². The van der Waals surface area contributed by atoms with Gasteiger partial charge >= 0.3 is 6.61 Å². The van der Waals surface area contributed by atoms with Crippen LogP contribution >= 0.6 is 11.3 Å². The second-order valence-electron chi connectivity index (χ2n) is 6.82. The van der Waals surface area contributed by atoms with Crippen LogP contribution in [0.3, 0.4) is 0 Å². The zero-order valence-electron chi connectivity index (χ0n) is 16.1. The lowest BCUT2D eigenvalue weighted by molar-refractivity contribution is -0.120. The Morgan fingerprint density at radius 1 is 1.18 bits per heavy atom. The first-order valence-corrected chi connectivity index (χ1v) is 9.04. The number of benzene rings is 1. The second-order valence-corrected chi connectivity index (χ2v) is 7.90. The quantitative estimate of drug-likeness (QED) is 0.786. The lowest BCUT2D eigenvalue weighted by Crippen LogP contribution is -2.22. The third-order valence-electron chi connectivity index (χ3n) is 3.67. The number of hydrogen-bond acceptors (Lipinski definition) is 6. The summed E-state index contributed by atoms with van der Waals surface area (Å²) in [6, 6.07) is 2.90. The summed E-state index contributed by atoms with van der Waals surface area (Å²) in [6.07, 6.45) is 2.93. The van der Waals surface area contributed by atoms with Gasteiger partial charge in [0, 0.05) is 11.5 Å². The number of aromatic amines is 1. The van der Waals surface area contributed by atoms with Crippen LogP contribution in [0.2, 0.25) is 0 Å². The molecule has 1 heterocycles. The van der Waals surface area contributed by atoms with E-state index in [0.717, 1.165) is 11.3 Å². The van der Waals surface area contributed by atoms with Crippen molar-refractivity contribution in [1.29, 1.82) is 0 Å². The monoisotopic (exact) mass is 413 g/mol. The number of rotatable bonds is 6. The number of carbonyl (C=O) groups excluding carboxylic acids is 1. The SMILES string of the molecule is COc1cc(/C=c2\s/c(=C\C(=O)C(C)(C)C)[nH]c2=O)cc(OC)c1OC(F)F. The topological polar surface area (TPSA) is 77.6 Å². The molecule has 2 aromatic rings. The first-order chi connectivity index (χ1) is 13.0. The van der Waals surface area contributed by atoms with Crippen LogP contribution in [0.5, 0.6) is 17.2 Å². The normalized spacial score (nSPS) is 13.1. The molecule has 6 nitrogen and oxygen atoms in total. The molecule has 0 saturated heterocycles. The Balaban J connectivity index is 2.56. The van der Waals surface area contributed by atoms with Crippen molar-refractivity contribution in [2.75, 3.05) is 14.2 Å². The van der Waals surface area contributed by atoms with Gasteiger partial charge in [-0.2, -0.15) is 8.78 Å². The highest BCUT2D eigenvalue weighted by Gasteiger charge is 2.19. The number of Topliss-reactive ketones (excluding diaryl/α,β-unsaturated/α-hetero) is 1. The minimum Gasteiger partial charge on any atom is -0.493 e. The predicted octanol–water partition coefficient (Wildman–Crippen LogP) is 2.28. The van der Waals surface area contributed by atoms with E-state index in [9.17, 15) is 18.4 Å². The standard InChI is InChI=1S/C19H21F2NO5S/c1-19(2,3)14(23)9-15-22-17(24)13(28-15)8-10-6-11(25-4)16(27-18(20)21)12(7-10)26-5/h6-9,18H,1-5H3,(H,22,24)/b13-8-,15-9-. The molecule has 0 fully saturated rings. The molecule has 1 aromatic heterocycles. The number of methoxy groups -OCH3 is 2. The van der Waals surface area contributed by atoms with Gasteiger partial charge in [0.15, 0.2) is 17.3 Å². The number of H-pyrrole nitrogens is 1. The summed E-state index contributed by atoms with van der Waals surface area (Å²) >= 11 is 1.11. The molecule has 0 aliphatic carbocycles. The van der Waals surface area contributed by atoms with E-state index in [1.165, 1.54) is 32.4 Å². The molecule has 1 aromatic carbocycles. The Bertz CT molecular complexity index is 1010. The van der Waals surface area contributed by atoms with E-state index in [-0.39, 0.29) is 28.6 Å². The molecule has 28 heavy (non-hydrogen) atoms. The van der Waals surface area contributed by atoms with Crippen molar-refractivity contribution in [3.8, 4) is 17.2 Å². The Kier molecular flexibility index (Phi) is 6.60. The van der Waals surface area contributed by atoms with E-state index in [1.807, 2.05) is 0 Å². The molecule has 0 unspecified atom stereocenters. The lowest BCUT2D eigenvalue weighted by Gasteiger charge is -2.14. The van der Waals surface area contributed by atoms with E-state index in [0.29, 0.717) is 14.8 Å². The predicted molar refractivity (Wildman–Crippen MR) is 103 cm³/mol. The Morgan fingerprint density at radius 3 is 2.21 bits per heavy atom. The second kappa shape index (κ2) is 8.55. The molecule has 152 valence electrons. The van der Waals surface area contributed by atoms with Gasteiger partial charge in [0.2, 0.25) is 5.75 Å². The Hall–Kier alpha value is -2.68. The highest BCUT2D eigenvalue weighted by atomic mass is 32.1. The van der Waals surface area contributed by atoms with Crippen LogP contribution in [0.15, 0.2) is 16.9 Å². The van der Waals surface area contributed by atoms with Crippen molar-refractivity contribution in [3.05, 3.63) is 37.2 Å². The van der Waals surface area contributed by atoms with Crippen LogP contribution in [0.25, 0.3) is 12.2 Å². The summed E-state index contributed by atoms with van der Waals surface area (Å²) in [5.74, 6) is -0.280. The van der Waals surface area contributed by atoms with Crippen molar-refractivity contribution < 1.29 is 27.8 Å². The number of thiazole rings is 1. The molecule has 0 aliphatic heterocycles. The van der Waals surface area contributed by atoms with E-state index in [4.69, 9.17) is 9.47 Å². The van der Waals surface area contributed by atoms with Crippen molar-refractivity contribution in [3.63, 3.8) is 0 Å². The highest BCUT2D eigenvalue weighted by Crippen LogP contribution is 2.39. The van der Waals surface area contributed by atoms with E-state index in [1.54, 1.807) is 26.8 Å². The summed E-state index contributed by atoms with van der Waals surface area (Å²) in [6.45, 7) is 2.31. The molecule has 9 heteroatoms. The van der Waals surface area contributed by atoms with Gasteiger partial charge in [-0.3, -0.25) is 9.59 Å². The minimum atomic E-state index is -3.05. The van der Waals surface area contributed by atoms with Crippen LogP contribution in [0, 0.1) is 5.41 Å². The van der Waals surface area contributed by atoms with Crippen LogP contribution in [0.1, 0.15) is 26.3 Å². The van der Waals surface area contributed by atoms with E-state index in [2.05, 4.69) is 9.72 Å². The zero-order chi connectivity index (χ0) is 21.1. The number of ketones is 1. The number of alkyl halides is 2. The number of halogens is 2. The number of ether oxygens (including phenoxy) is 3. The van der Waals surface area contributed by atoms with Gasteiger partial charge in [0.1, 0.15) is 0 Å². The van der Waals surface area contributed by atoms with Crippen molar-refractivity contribution in [1.82, 2.24) is 4.98 Å². The first kappa shape index (κ1) is 21.6. The summed E-state index contributed by atoms with van der Waals surface area (Å²) < 4.78 is 40.7. The zero-order valence-corrected chi connectivity index (χ0v) is 16.9. The molecule has 0 saturated carbocycles.